The van der Waals surface area contributed by atoms with Gasteiger partial charge in [0.25, 0.3) is 11.5 Å². The van der Waals surface area contributed by atoms with Crippen molar-refractivity contribution in [1.29, 1.82) is 0 Å². The molecular formula is C34H33ClFN5O5. The van der Waals surface area contributed by atoms with Gasteiger partial charge in [0.15, 0.2) is 0 Å². The average molecular weight is 646 g/mol. The maximum atomic E-state index is 15.5. The Balaban J connectivity index is 1.32. The number of carbonyl (C=O) groups excluding carboxylic acids is 2. The zero-order chi connectivity index (χ0) is 32.7. The summed E-state index contributed by atoms with van der Waals surface area (Å²) in [6.07, 6.45) is 3.02. The van der Waals surface area contributed by atoms with Crippen LogP contribution < -0.4 is 15.6 Å². The topological polar surface area (TPSA) is 116 Å². The first kappa shape index (κ1) is 31.4. The molecule has 3 heterocycles. The fraction of sp³-hybridized carbons (Fsp3) is 0.324. The molecule has 2 aliphatic rings. The van der Waals surface area contributed by atoms with E-state index in [9.17, 15) is 14.4 Å². The van der Waals surface area contributed by atoms with Crippen molar-refractivity contribution in [2.24, 2.45) is 13.0 Å². The zero-order valence-electron chi connectivity index (χ0n) is 25.9. The van der Waals surface area contributed by atoms with Crippen LogP contribution in [0.3, 0.4) is 0 Å². The number of amides is 1. The molecule has 4 aromatic rings. The van der Waals surface area contributed by atoms with Crippen LogP contribution in [0.15, 0.2) is 53.5 Å². The average Bonchev–Trinajstić information content (AvgIpc) is 3.43. The van der Waals surface area contributed by atoms with Gasteiger partial charge in [0.2, 0.25) is 5.88 Å². The Bertz CT molecular complexity index is 1920. The third-order valence-corrected chi connectivity index (χ3v) is 9.15. The lowest BCUT2D eigenvalue weighted by atomic mass is 9.94. The second kappa shape index (κ2) is 12.6. The summed E-state index contributed by atoms with van der Waals surface area (Å²) in [7, 11) is 3.03. The zero-order valence-corrected chi connectivity index (χ0v) is 26.7. The molecule has 0 unspecified atom stereocenters. The number of hydrogen-bond donors (Lipinski definition) is 1. The summed E-state index contributed by atoms with van der Waals surface area (Å²) in [6, 6.07) is 11.4. The van der Waals surface area contributed by atoms with Crippen molar-refractivity contribution >= 4 is 29.2 Å². The van der Waals surface area contributed by atoms with Crippen LogP contribution in [0.1, 0.15) is 46.4 Å². The normalized spacial score (nSPS) is 16.1. The number of hydrogen-bond acceptors (Lipinski definition) is 8. The first-order valence-electron chi connectivity index (χ1n) is 15.0. The van der Waals surface area contributed by atoms with Crippen LogP contribution in [0.25, 0.3) is 22.4 Å². The summed E-state index contributed by atoms with van der Waals surface area (Å²) in [4.78, 5) is 44.6. The molecule has 238 valence electrons. The molecule has 2 aromatic carbocycles. The lowest BCUT2D eigenvalue weighted by Crippen LogP contribution is -2.51. The van der Waals surface area contributed by atoms with E-state index in [1.54, 1.807) is 45.2 Å². The number of carbonyl (C=O) groups is 2. The van der Waals surface area contributed by atoms with Crippen molar-refractivity contribution in [1.82, 2.24) is 19.7 Å². The van der Waals surface area contributed by atoms with Gasteiger partial charge in [-0.05, 0) is 73.7 Å². The largest absolute Gasteiger partial charge is 0.481 e. The fourth-order valence-corrected chi connectivity index (χ4v) is 6.68. The fourth-order valence-electron chi connectivity index (χ4n) is 6.32. The van der Waals surface area contributed by atoms with E-state index in [4.69, 9.17) is 26.1 Å². The Morgan fingerprint density at radius 2 is 1.93 bits per heavy atom. The lowest BCUT2D eigenvalue weighted by molar-refractivity contribution is -0.155. The predicted octanol–water partition coefficient (Wildman–Crippen LogP) is 5.35. The molecule has 1 amide bonds. The van der Waals surface area contributed by atoms with E-state index in [2.05, 4.69) is 15.3 Å². The quantitative estimate of drug-likeness (QED) is 0.255. The number of methoxy groups -OCH3 is 1. The minimum absolute atomic E-state index is 0.0692. The van der Waals surface area contributed by atoms with Crippen molar-refractivity contribution in [2.45, 2.75) is 32.7 Å². The third kappa shape index (κ3) is 5.54. The van der Waals surface area contributed by atoms with E-state index < -0.39 is 17.3 Å². The van der Waals surface area contributed by atoms with Gasteiger partial charge >= 0.3 is 5.97 Å². The molecule has 10 nitrogen and oxygen atoms in total. The van der Waals surface area contributed by atoms with Crippen LogP contribution in [0.5, 0.6) is 5.88 Å². The predicted molar refractivity (Wildman–Crippen MR) is 172 cm³/mol. The van der Waals surface area contributed by atoms with Crippen LogP contribution in [-0.4, -0.2) is 58.3 Å². The lowest BCUT2D eigenvalue weighted by Gasteiger charge is -2.42. The molecule has 2 aromatic heterocycles. The number of aromatic nitrogens is 3. The number of fused-ring (bicyclic) bond motifs is 1. The maximum Gasteiger partial charge on any atom is 0.311 e. The highest BCUT2D eigenvalue weighted by Crippen LogP contribution is 2.46. The van der Waals surface area contributed by atoms with Crippen LogP contribution in [-0.2, 0) is 23.0 Å². The Morgan fingerprint density at radius 3 is 2.67 bits per heavy atom. The molecule has 1 fully saturated rings. The summed E-state index contributed by atoms with van der Waals surface area (Å²) >= 11 is 6.96. The molecule has 0 saturated carbocycles. The second-order valence-corrected chi connectivity index (χ2v) is 11.8. The molecule has 1 saturated heterocycles. The summed E-state index contributed by atoms with van der Waals surface area (Å²) in [6.45, 7) is 5.17. The first-order chi connectivity index (χ1) is 22.1. The Hall–Kier alpha value is -4.61. The van der Waals surface area contributed by atoms with Gasteiger partial charge in [0.1, 0.15) is 11.4 Å². The minimum atomic E-state index is -0.606. The van der Waals surface area contributed by atoms with Crippen LogP contribution in [0.4, 0.5) is 10.1 Å². The van der Waals surface area contributed by atoms with E-state index >= 15 is 4.39 Å². The Labute approximate surface area is 270 Å². The Morgan fingerprint density at radius 1 is 1.15 bits per heavy atom. The first-order valence-corrected chi connectivity index (χ1v) is 15.4. The van der Waals surface area contributed by atoms with Gasteiger partial charge in [-0.15, -0.1) is 0 Å². The number of nitrogens with zero attached hydrogens (tertiary/aromatic N) is 4. The van der Waals surface area contributed by atoms with Crippen molar-refractivity contribution in [3.63, 3.8) is 0 Å². The SMILES string of the molecule is CCOC(=O)C1CN([C@@H]2CCc3cc(-c4ccc(F)c(-c5cccc(NC(=O)c6ccnn(C)c6=O)c5C)c4Cl)nc(OC)c32)C1. The number of aryl methyl sites for hydroxylation is 2. The van der Waals surface area contributed by atoms with Gasteiger partial charge in [-0.3, -0.25) is 19.3 Å². The van der Waals surface area contributed by atoms with Crippen LogP contribution in [0.2, 0.25) is 5.02 Å². The molecule has 0 bridgehead atoms. The van der Waals surface area contributed by atoms with Crippen LogP contribution >= 0.6 is 11.6 Å². The van der Waals surface area contributed by atoms with Gasteiger partial charge in [-0.25, -0.2) is 14.1 Å². The number of anilines is 1. The van der Waals surface area contributed by atoms with E-state index in [0.717, 1.165) is 28.7 Å². The van der Waals surface area contributed by atoms with Crippen molar-refractivity contribution in [2.75, 3.05) is 32.1 Å². The minimum Gasteiger partial charge on any atom is -0.481 e. The standard InChI is InChI=1S/C34H33ClFN5O5/c1-5-46-34(44)20-16-41(17-20)27-12-9-19-15-26(39-32(45-4)28(19)27)22-10-11-24(36)29(30(22)35)21-7-6-8-25(18(21)2)38-31(42)23-13-14-37-40(3)33(23)43/h6-8,10-11,13-15,20,27H,5,9,12,16-17H2,1-4H3,(H,38,42)/t27-/m1/s1. The highest BCUT2D eigenvalue weighted by molar-refractivity contribution is 6.36. The third-order valence-electron chi connectivity index (χ3n) is 8.76. The van der Waals surface area contributed by atoms with Gasteiger partial charge in [-0.2, -0.15) is 5.10 Å². The van der Waals surface area contributed by atoms with Gasteiger partial charge in [0, 0.05) is 54.8 Å². The molecule has 1 N–H and O–H groups in total. The number of esters is 1. The van der Waals surface area contributed by atoms with Gasteiger partial charge in [-0.1, -0.05) is 23.7 Å². The molecule has 0 spiro atoms. The second-order valence-electron chi connectivity index (χ2n) is 11.4. The van der Waals surface area contributed by atoms with Crippen molar-refractivity contribution in [3.05, 3.63) is 92.1 Å². The van der Waals surface area contributed by atoms with E-state index in [1.807, 2.05) is 6.07 Å². The van der Waals surface area contributed by atoms with E-state index in [-0.39, 0.29) is 34.1 Å². The molecule has 12 heteroatoms. The molecule has 6 rings (SSSR count). The van der Waals surface area contributed by atoms with Crippen molar-refractivity contribution in [3.8, 4) is 28.3 Å². The smallest absolute Gasteiger partial charge is 0.311 e. The molecule has 1 aliphatic carbocycles. The number of benzene rings is 2. The number of halogens is 2. The monoisotopic (exact) mass is 645 g/mol. The van der Waals surface area contributed by atoms with Gasteiger partial charge < -0.3 is 14.8 Å². The van der Waals surface area contributed by atoms with E-state index in [0.29, 0.717) is 53.6 Å². The molecule has 1 aliphatic heterocycles. The number of ether oxygens (including phenoxy) is 2. The summed E-state index contributed by atoms with van der Waals surface area (Å²) in [5.74, 6) is -0.963. The van der Waals surface area contributed by atoms with E-state index in [1.165, 1.54) is 25.4 Å². The molecule has 1 atom stereocenters. The number of nitrogens with one attached hydrogen (secondary N) is 1. The number of rotatable bonds is 8. The number of likely N-dealkylation sites (tertiary alicyclic amines) is 1. The van der Waals surface area contributed by atoms with Gasteiger partial charge in [0.05, 0.1) is 30.4 Å². The Kier molecular flexibility index (Phi) is 8.63. The van der Waals surface area contributed by atoms with Crippen molar-refractivity contribution < 1.29 is 23.5 Å². The maximum absolute atomic E-state index is 15.5. The van der Waals surface area contributed by atoms with Crippen LogP contribution in [0, 0.1) is 18.7 Å². The number of pyridine rings is 1. The highest BCUT2D eigenvalue weighted by Gasteiger charge is 2.42. The highest BCUT2D eigenvalue weighted by atomic mass is 35.5. The summed E-state index contributed by atoms with van der Waals surface area (Å²) in [5.41, 5.74) is 4.15. The summed E-state index contributed by atoms with van der Waals surface area (Å²) < 4.78 is 27.6. The molecular weight excluding hydrogens is 613 g/mol. The molecule has 0 radical (unpaired) electrons. The summed E-state index contributed by atoms with van der Waals surface area (Å²) in [5, 5.41) is 6.78. The molecule has 46 heavy (non-hydrogen) atoms.